The van der Waals surface area contributed by atoms with E-state index in [1.807, 2.05) is 0 Å². The molecule has 2 heterocycles. The molecule has 80 valence electrons. The fraction of sp³-hybridized carbons (Fsp3) is 1.00. The Morgan fingerprint density at radius 3 is 2.79 bits per heavy atom. The molecule has 1 saturated carbocycles. The van der Waals surface area contributed by atoms with Crippen molar-refractivity contribution < 1.29 is 0 Å². The third-order valence-corrected chi connectivity index (χ3v) is 4.68. The summed E-state index contributed by atoms with van der Waals surface area (Å²) in [5.74, 6) is 1.04. The average molecular weight is 194 g/mol. The molecule has 2 aliphatic heterocycles. The molecule has 3 atom stereocenters. The molecule has 0 spiro atoms. The fourth-order valence-corrected chi connectivity index (χ4v) is 3.83. The number of piperazine rings is 1. The van der Waals surface area contributed by atoms with Gasteiger partial charge in [0.1, 0.15) is 0 Å². The van der Waals surface area contributed by atoms with E-state index in [-0.39, 0.29) is 0 Å². The Bertz CT molecular complexity index is 226. The molecule has 0 N–H and O–H groups in total. The smallest absolute Gasteiger partial charge is 0.0255 e. The van der Waals surface area contributed by atoms with Crippen LogP contribution in [0.15, 0.2) is 0 Å². The van der Waals surface area contributed by atoms with Gasteiger partial charge in [-0.25, -0.2) is 0 Å². The zero-order valence-electron chi connectivity index (χ0n) is 9.45. The van der Waals surface area contributed by atoms with E-state index < -0.39 is 0 Å². The Morgan fingerprint density at radius 2 is 2.00 bits per heavy atom. The van der Waals surface area contributed by atoms with E-state index in [1.54, 1.807) is 0 Å². The van der Waals surface area contributed by atoms with Crippen molar-refractivity contribution in [3.05, 3.63) is 0 Å². The van der Waals surface area contributed by atoms with Crippen LogP contribution < -0.4 is 0 Å². The second kappa shape index (κ2) is 3.21. The average Bonchev–Trinajstić information content (AvgIpc) is 2.77. The predicted octanol–water partition coefficient (Wildman–Crippen LogP) is 1.56. The van der Waals surface area contributed by atoms with Gasteiger partial charge in [0, 0.05) is 37.8 Å². The van der Waals surface area contributed by atoms with Crippen molar-refractivity contribution in [1.29, 1.82) is 0 Å². The molecule has 0 aromatic rings. The van der Waals surface area contributed by atoms with E-state index >= 15 is 0 Å². The molecule has 2 saturated heterocycles. The molecule has 1 aliphatic carbocycles. The lowest BCUT2D eigenvalue weighted by molar-refractivity contribution is 0.0301. The number of fused-ring (bicyclic) bond motifs is 5. The summed E-state index contributed by atoms with van der Waals surface area (Å²) in [4.78, 5) is 5.48. The van der Waals surface area contributed by atoms with Gasteiger partial charge < -0.3 is 0 Å². The molecule has 3 rings (SSSR count). The van der Waals surface area contributed by atoms with Crippen molar-refractivity contribution in [2.75, 3.05) is 19.6 Å². The molecule has 2 nitrogen and oxygen atoms in total. The number of hydrogen-bond acceptors (Lipinski definition) is 2. The molecule has 3 unspecified atom stereocenters. The Balaban J connectivity index is 1.72. The third-order valence-electron chi connectivity index (χ3n) is 4.68. The number of nitrogens with zero attached hydrogens (tertiary/aromatic N) is 2. The van der Waals surface area contributed by atoms with Crippen LogP contribution >= 0.6 is 0 Å². The van der Waals surface area contributed by atoms with Crippen LogP contribution in [0, 0.1) is 5.92 Å². The molecular formula is C12H22N2. The lowest BCUT2D eigenvalue weighted by Crippen LogP contribution is -2.56. The SMILES string of the molecule is CC(C)N1CCN2C3CCC(C3)C2C1. The van der Waals surface area contributed by atoms with E-state index in [9.17, 15) is 0 Å². The minimum Gasteiger partial charge on any atom is -0.298 e. The van der Waals surface area contributed by atoms with Crippen LogP contribution in [0.4, 0.5) is 0 Å². The van der Waals surface area contributed by atoms with Gasteiger partial charge in [-0.2, -0.15) is 0 Å². The van der Waals surface area contributed by atoms with Crippen molar-refractivity contribution >= 4 is 0 Å². The quantitative estimate of drug-likeness (QED) is 0.625. The number of hydrogen-bond donors (Lipinski definition) is 0. The second-order valence-electron chi connectivity index (χ2n) is 5.62. The van der Waals surface area contributed by atoms with Crippen molar-refractivity contribution in [2.24, 2.45) is 5.92 Å². The monoisotopic (exact) mass is 194 g/mol. The highest BCUT2D eigenvalue weighted by atomic mass is 15.3. The van der Waals surface area contributed by atoms with Crippen LogP contribution in [-0.2, 0) is 0 Å². The molecule has 2 bridgehead atoms. The van der Waals surface area contributed by atoms with Crippen LogP contribution in [0.1, 0.15) is 33.1 Å². The molecular weight excluding hydrogens is 172 g/mol. The predicted molar refractivity (Wildman–Crippen MR) is 58.3 cm³/mol. The summed E-state index contributed by atoms with van der Waals surface area (Å²) in [6, 6.07) is 2.64. The highest BCUT2D eigenvalue weighted by molar-refractivity contribution is 5.02. The zero-order valence-corrected chi connectivity index (χ0v) is 9.45. The van der Waals surface area contributed by atoms with Crippen LogP contribution in [0.25, 0.3) is 0 Å². The van der Waals surface area contributed by atoms with Gasteiger partial charge in [0.25, 0.3) is 0 Å². The van der Waals surface area contributed by atoms with Crippen LogP contribution in [0.2, 0.25) is 0 Å². The number of piperidine rings is 1. The van der Waals surface area contributed by atoms with Gasteiger partial charge >= 0.3 is 0 Å². The Hall–Kier alpha value is -0.0800. The van der Waals surface area contributed by atoms with E-state index in [1.165, 1.54) is 38.9 Å². The van der Waals surface area contributed by atoms with Gasteiger partial charge in [0.2, 0.25) is 0 Å². The lowest BCUT2D eigenvalue weighted by atomic mass is 9.96. The van der Waals surface area contributed by atoms with E-state index in [2.05, 4.69) is 23.6 Å². The van der Waals surface area contributed by atoms with Gasteiger partial charge in [-0.15, -0.1) is 0 Å². The maximum Gasteiger partial charge on any atom is 0.0255 e. The van der Waals surface area contributed by atoms with Crippen LogP contribution in [0.3, 0.4) is 0 Å². The van der Waals surface area contributed by atoms with Gasteiger partial charge in [-0.1, -0.05) is 0 Å². The Labute approximate surface area is 87.3 Å². The van der Waals surface area contributed by atoms with Gasteiger partial charge in [-0.05, 0) is 39.0 Å². The topological polar surface area (TPSA) is 6.48 Å². The maximum absolute atomic E-state index is 2.81. The standard InChI is InChI=1S/C12H22N2/c1-9(2)13-5-6-14-11-4-3-10(7-11)12(14)8-13/h9-12H,3-8H2,1-2H3. The highest BCUT2D eigenvalue weighted by Crippen LogP contribution is 2.43. The van der Waals surface area contributed by atoms with Crippen molar-refractivity contribution in [2.45, 2.75) is 51.2 Å². The van der Waals surface area contributed by atoms with Crippen molar-refractivity contribution in [1.82, 2.24) is 9.80 Å². The molecule has 14 heavy (non-hydrogen) atoms. The first-order valence-corrected chi connectivity index (χ1v) is 6.25. The first-order valence-electron chi connectivity index (χ1n) is 6.25. The minimum atomic E-state index is 0.747. The number of rotatable bonds is 1. The summed E-state index contributed by atoms with van der Waals surface area (Å²) in [5, 5.41) is 0. The maximum atomic E-state index is 2.81. The first-order chi connectivity index (χ1) is 6.75. The Morgan fingerprint density at radius 1 is 1.14 bits per heavy atom. The molecule has 0 amide bonds. The third kappa shape index (κ3) is 1.24. The molecule has 0 aromatic carbocycles. The minimum absolute atomic E-state index is 0.747. The van der Waals surface area contributed by atoms with Crippen LogP contribution in [0.5, 0.6) is 0 Å². The van der Waals surface area contributed by atoms with E-state index in [0.717, 1.165) is 24.0 Å². The second-order valence-corrected chi connectivity index (χ2v) is 5.62. The van der Waals surface area contributed by atoms with E-state index in [0.29, 0.717) is 0 Å². The zero-order chi connectivity index (χ0) is 9.71. The van der Waals surface area contributed by atoms with Crippen LogP contribution in [-0.4, -0.2) is 47.6 Å². The molecule has 2 heteroatoms. The molecule has 3 fully saturated rings. The summed E-state index contributed by atoms with van der Waals surface area (Å²) < 4.78 is 0. The summed E-state index contributed by atoms with van der Waals surface area (Å²) >= 11 is 0. The molecule has 0 aromatic heterocycles. The van der Waals surface area contributed by atoms with Crippen molar-refractivity contribution in [3.8, 4) is 0 Å². The Kier molecular flexibility index (Phi) is 2.10. The normalized spacial score (nSPS) is 43.5. The van der Waals surface area contributed by atoms with E-state index in [4.69, 9.17) is 0 Å². The van der Waals surface area contributed by atoms with Crippen molar-refractivity contribution in [3.63, 3.8) is 0 Å². The van der Waals surface area contributed by atoms with Gasteiger partial charge in [-0.3, -0.25) is 9.80 Å². The largest absolute Gasteiger partial charge is 0.298 e. The fourth-order valence-electron chi connectivity index (χ4n) is 3.83. The molecule has 3 aliphatic rings. The van der Waals surface area contributed by atoms with Gasteiger partial charge in [0.05, 0.1) is 0 Å². The van der Waals surface area contributed by atoms with Gasteiger partial charge in [0.15, 0.2) is 0 Å². The lowest BCUT2D eigenvalue weighted by Gasteiger charge is -2.45. The summed E-state index contributed by atoms with van der Waals surface area (Å²) in [6.07, 6.45) is 4.51. The summed E-state index contributed by atoms with van der Waals surface area (Å²) in [5.41, 5.74) is 0. The first kappa shape index (κ1) is 9.17. The molecule has 0 radical (unpaired) electrons. The highest BCUT2D eigenvalue weighted by Gasteiger charge is 2.47. The summed E-state index contributed by atoms with van der Waals surface area (Å²) in [6.45, 7) is 8.66. The summed E-state index contributed by atoms with van der Waals surface area (Å²) in [7, 11) is 0.